The highest BCUT2D eigenvalue weighted by Crippen LogP contribution is 2.00. The van der Waals surface area contributed by atoms with Crippen LogP contribution in [0.4, 0.5) is 0 Å². The largest absolute Gasteiger partial charge is 0.390 e. The highest BCUT2D eigenvalue weighted by molar-refractivity contribution is 5.09. The quantitative estimate of drug-likeness (QED) is 0.536. The van der Waals surface area contributed by atoms with Gasteiger partial charge in [0.25, 0.3) is 5.09 Å². The molecule has 1 aromatic rings. The molecule has 0 saturated carbocycles. The van der Waals surface area contributed by atoms with E-state index >= 15 is 0 Å². The van der Waals surface area contributed by atoms with Crippen molar-refractivity contribution in [1.29, 1.82) is 0 Å². The number of aliphatic hydroxyl groups is 1. The molecule has 0 bridgehead atoms. The third kappa shape index (κ3) is 3.04. The molecule has 0 aliphatic rings. The fraction of sp³-hybridized carbons (Fsp3) is 0.286. The molecule has 0 saturated heterocycles. The van der Waals surface area contributed by atoms with Gasteiger partial charge in [0.2, 0.25) is 0 Å². The number of rotatable bonds is 4. The summed E-state index contributed by atoms with van der Waals surface area (Å²) in [5, 5.41) is 17.7. The van der Waals surface area contributed by atoms with Crippen molar-refractivity contribution in [3.05, 3.63) is 39.7 Å². The minimum absolute atomic E-state index is 0.188. The SMILES string of the molecule is O=[N+]([O-])OCc1cccc(CO)n1. The van der Waals surface area contributed by atoms with Gasteiger partial charge in [-0.3, -0.25) is 4.98 Å². The maximum absolute atomic E-state index is 9.83. The second-order valence-corrected chi connectivity index (χ2v) is 2.28. The molecule has 1 heterocycles. The first-order valence-corrected chi connectivity index (χ1v) is 3.55. The summed E-state index contributed by atoms with van der Waals surface area (Å²) in [5.41, 5.74) is 0.882. The lowest BCUT2D eigenvalue weighted by Crippen LogP contribution is -2.03. The number of aliphatic hydroxyl groups excluding tert-OH is 1. The van der Waals surface area contributed by atoms with Gasteiger partial charge >= 0.3 is 0 Å². The molecule has 6 heteroatoms. The van der Waals surface area contributed by atoms with E-state index in [1.54, 1.807) is 18.2 Å². The summed E-state index contributed by atoms with van der Waals surface area (Å²) in [6.07, 6.45) is 0. The second-order valence-electron chi connectivity index (χ2n) is 2.28. The maximum atomic E-state index is 9.83. The highest BCUT2D eigenvalue weighted by atomic mass is 16.9. The molecular formula is C7H8N2O4. The third-order valence-electron chi connectivity index (χ3n) is 1.34. The molecule has 1 aromatic heterocycles. The van der Waals surface area contributed by atoms with Crippen molar-refractivity contribution in [2.24, 2.45) is 0 Å². The fourth-order valence-electron chi connectivity index (χ4n) is 0.817. The van der Waals surface area contributed by atoms with Crippen molar-refractivity contribution in [2.75, 3.05) is 0 Å². The first-order valence-electron chi connectivity index (χ1n) is 3.55. The number of nitrogens with zero attached hydrogens (tertiary/aromatic N) is 2. The lowest BCUT2D eigenvalue weighted by Gasteiger charge is -2.00. The smallest absolute Gasteiger partial charge is 0.294 e. The van der Waals surface area contributed by atoms with Crippen LogP contribution in [-0.2, 0) is 18.1 Å². The summed E-state index contributed by atoms with van der Waals surface area (Å²) < 4.78 is 0. The summed E-state index contributed by atoms with van der Waals surface area (Å²) >= 11 is 0. The van der Waals surface area contributed by atoms with E-state index < -0.39 is 5.09 Å². The molecule has 1 rings (SSSR count). The van der Waals surface area contributed by atoms with E-state index in [9.17, 15) is 10.1 Å². The molecule has 0 aliphatic heterocycles. The van der Waals surface area contributed by atoms with E-state index in [0.29, 0.717) is 11.4 Å². The lowest BCUT2D eigenvalue weighted by molar-refractivity contribution is -0.763. The Morgan fingerprint density at radius 2 is 2.23 bits per heavy atom. The number of pyridine rings is 1. The molecule has 0 fully saturated rings. The van der Waals surface area contributed by atoms with Gasteiger partial charge in [0.1, 0.15) is 6.61 Å². The Kier molecular flexibility index (Phi) is 3.15. The summed E-state index contributed by atoms with van der Waals surface area (Å²) in [4.78, 5) is 17.8. The molecular weight excluding hydrogens is 176 g/mol. The predicted molar refractivity (Wildman–Crippen MR) is 41.9 cm³/mol. The monoisotopic (exact) mass is 184 g/mol. The van der Waals surface area contributed by atoms with Crippen molar-refractivity contribution < 1.29 is 15.0 Å². The topological polar surface area (TPSA) is 85.5 Å². The van der Waals surface area contributed by atoms with Crippen molar-refractivity contribution >= 4 is 0 Å². The second kappa shape index (κ2) is 4.36. The molecule has 0 aliphatic carbocycles. The summed E-state index contributed by atoms with van der Waals surface area (Å²) in [6.45, 7) is -0.382. The first kappa shape index (κ1) is 9.40. The van der Waals surface area contributed by atoms with Crippen LogP contribution in [0.15, 0.2) is 18.2 Å². The van der Waals surface area contributed by atoms with Crippen molar-refractivity contribution in [2.45, 2.75) is 13.2 Å². The molecule has 1 N–H and O–H groups in total. The van der Waals surface area contributed by atoms with Gasteiger partial charge in [-0.05, 0) is 12.1 Å². The van der Waals surface area contributed by atoms with E-state index in [4.69, 9.17) is 5.11 Å². The van der Waals surface area contributed by atoms with Crippen LogP contribution < -0.4 is 0 Å². The molecule has 70 valence electrons. The zero-order chi connectivity index (χ0) is 9.68. The fourth-order valence-corrected chi connectivity index (χ4v) is 0.817. The predicted octanol–water partition coefficient (Wildman–Crippen LogP) is 0.282. The van der Waals surface area contributed by atoms with Gasteiger partial charge in [0.05, 0.1) is 18.0 Å². The van der Waals surface area contributed by atoms with E-state index in [1.165, 1.54) is 0 Å². The first-order chi connectivity index (χ1) is 6.22. The van der Waals surface area contributed by atoms with Crippen LogP contribution in [0.3, 0.4) is 0 Å². The maximum Gasteiger partial charge on any atom is 0.294 e. The molecule has 13 heavy (non-hydrogen) atoms. The van der Waals surface area contributed by atoms with Crippen LogP contribution in [0.5, 0.6) is 0 Å². The van der Waals surface area contributed by atoms with Crippen molar-refractivity contribution in [3.8, 4) is 0 Å². The Hall–Kier alpha value is -1.69. The highest BCUT2D eigenvalue weighted by Gasteiger charge is 1.99. The Balaban J connectivity index is 2.61. The molecule has 0 amide bonds. The summed E-state index contributed by atoms with van der Waals surface area (Å²) in [7, 11) is 0. The number of hydrogen-bond donors (Lipinski definition) is 1. The van der Waals surface area contributed by atoms with Crippen LogP contribution in [0.25, 0.3) is 0 Å². The molecule has 0 spiro atoms. The van der Waals surface area contributed by atoms with Gasteiger partial charge in [-0.1, -0.05) is 6.07 Å². The van der Waals surface area contributed by atoms with E-state index in [2.05, 4.69) is 9.82 Å². The minimum atomic E-state index is -0.882. The average molecular weight is 184 g/mol. The van der Waals surface area contributed by atoms with Crippen molar-refractivity contribution in [3.63, 3.8) is 0 Å². The normalized spacial score (nSPS) is 9.62. The van der Waals surface area contributed by atoms with Gasteiger partial charge < -0.3 is 9.94 Å². The Labute approximate surface area is 73.9 Å². The van der Waals surface area contributed by atoms with Crippen LogP contribution in [0.1, 0.15) is 11.4 Å². The lowest BCUT2D eigenvalue weighted by atomic mass is 10.3. The van der Waals surface area contributed by atoms with Gasteiger partial charge in [0, 0.05) is 0 Å². The molecule has 0 radical (unpaired) electrons. The Morgan fingerprint density at radius 3 is 2.85 bits per heavy atom. The van der Waals surface area contributed by atoms with Crippen LogP contribution in [0, 0.1) is 10.1 Å². The van der Waals surface area contributed by atoms with E-state index in [-0.39, 0.29) is 13.2 Å². The number of hydrogen-bond acceptors (Lipinski definition) is 5. The van der Waals surface area contributed by atoms with Crippen LogP contribution in [0.2, 0.25) is 0 Å². The van der Waals surface area contributed by atoms with Gasteiger partial charge in [-0.2, -0.15) is 0 Å². The number of aromatic nitrogens is 1. The Morgan fingerprint density at radius 1 is 1.54 bits per heavy atom. The van der Waals surface area contributed by atoms with Gasteiger partial charge in [-0.25, -0.2) is 0 Å². The molecule has 6 nitrogen and oxygen atoms in total. The van der Waals surface area contributed by atoms with Crippen LogP contribution in [-0.4, -0.2) is 15.2 Å². The third-order valence-corrected chi connectivity index (χ3v) is 1.34. The zero-order valence-corrected chi connectivity index (χ0v) is 6.71. The average Bonchev–Trinajstić information content (AvgIpc) is 2.15. The molecule has 0 atom stereocenters. The van der Waals surface area contributed by atoms with E-state index in [0.717, 1.165) is 0 Å². The standard InChI is InChI=1S/C7H8N2O4/c10-4-6-2-1-3-7(8-6)5-13-9(11)12/h1-3,10H,4-5H2. The zero-order valence-electron chi connectivity index (χ0n) is 6.71. The Bertz CT molecular complexity index is 302. The minimum Gasteiger partial charge on any atom is -0.390 e. The van der Waals surface area contributed by atoms with Gasteiger partial charge in [0.15, 0.2) is 0 Å². The van der Waals surface area contributed by atoms with Crippen molar-refractivity contribution in [1.82, 2.24) is 4.98 Å². The molecule has 0 aromatic carbocycles. The summed E-state index contributed by atoms with van der Waals surface area (Å²) in [6, 6.07) is 4.86. The molecule has 0 unspecified atom stereocenters. The van der Waals surface area contributed by atoms with Crippen LogP contribution >= 0.6 is 0 Å². The van der Waals surface area contributed by atoms with E-state index in [1.807, 2.05) is 0 Å². The van der Waals surface area contributed by atoms with Gasteiger partial charge in [-0.15, -0.1) is 10.1 Å². The summed E-state index contributed by atoms with van der Waals surface area (Å²) in [5.74, 6) is 0.